The molecule has 1 aliphatic heterocycles. The minimum absolute atomic E-state index is 0.302. The van der Waals surface area contributed by atoms with Crippen LogP contribution in [0.25, 0.3) is 0 Å². The van der Waals surface area contributed by atoms with Crippen LogP contribution in [-0.4, -0.2) is 13.2 Å². The van der Waals surface area contributed by atoms with Gasteiger partial charge < -0.3 is 4.74 Å². The molecule has 0 bridgehead atoms. The molecular weight excluding hydrogens is 181 g/mol. The maximum atomic E-state index is 13.0. The van der Waals surface area contributed by atoms with E-state index in [1.807, 2.05) is 0 Å². The summed E-state index contributed by atoms with van der Waals surface area (Å²) >= 11 is 0. The van der Waals surface area contributed by atoms with Gasteiger partial charge in [0.1, 0.15) is 11.2 Å². The molecule has 3 heteroatoms. The van der Waals surface area contributed by atoms with Crippen molar-refractivity contribution < 1.29 is 9.13 Å². The highest BCUT2D eigenvalue weighted by Gasteiger charge is 2.37. The Labute approximate surface area is 81.9 Å². The van der Waals surface area contributed by atoms with Gasteiger partial charge in [-0.05, 0) is 24.1 Å². The number of benzene rings is 1. The Kier molecular flexibility index (Phi) is 2.22. The molecule has 1 atom stereocenters. The molecule has 1 aromatic rings. The Bertz CT molecular complexity index is 377. The minimum Gasteiger partial charge on any atom is -0.379 e. The summed E-state index contributed by atoms with van der Waals surface area (Å²) in [6.45, 7) is 0.941. The van der Waals surface area contributed by atoms with Gasteiger partial charge in [0, 0.05) is 6.61 Å². The number of rotatable bonds is 1. The van der Waals surface area contributed by atoms with Crippen molar-refractivity contribution in [3.63, 3.8) is 0 Å². The first-order chi connectivity index (χ1) is 6.77. The lowest BCUT2D eigenvalue weighted by atomic mass is 9.81. The molecule has 72 valence electrons. The van der Waals surface area contributed by atoms with E-state index in [9.17, 15) is 4.39 Å². The first kappa shape index (κ1) is 9.17. The minimum atomic E-state index is -0.637. The van der Waals surface area contributed by atoms with Crippen LogP contribution in [0.2, 0.25) is 0 Å². The highest BCUT2D eigenvalue weighted by Crippen LogP contribution is 2.32. The van der Waals surface area contributed by atoms with E-state index < -0.39 is 5.41 Å². The van der Waals surface area contributed by atoms with Gasteiger partial charge in [-0.25, -0.2) is 4.39 Å². The van der Waals surface area contributed by atoms with E-state index in [1.165, 1.54) is 12.1 Å². The third kappa shape index (κ3) is 1.38. The summed E-state index contributed by atoms with van der Waals surface area (Å²) in [7, 11) is 0. The van der Waals surface area contributed by atoms with E-state index in [4.69, 9.17) is 10.00 Å². The maximum Gasteiger partial charge on any atom is 0.123 e. The van der Waals surface area contributed by atoms with Gasteiger partial charge in [0.05, 0.1) is 12.7 Å². The molecule has 0 radical (unpaired) electrons. The molecule has 0 aliphatic carbocycles. The fourth-order valence-electron chi connectivity index (χ4n) is 1.73. The Balaban J connectivity index is 2.42. The molecule has 0 aromatic heterocycles. The normalized spacial score (nSPS) is 26.0. The number of nitrogens with zero attached hydrogens (tertiary/aromatic N) is 1. The predicted octanol–water partition coefficient (Wildman–Crippen LogP) is 2.01. The average molecular weight is 191 g/mol. The van der Waals surface area contributed by atoms with Crippen LogP contribution in [0.1, 0.15) is 12.0 Å². The zero-order valence-corrected chi connectivity index (χ0v) is 7.66. The van der Waals surface area contributed by atoms with Crippen molar-refractivity contribution in [2.24, 2.45) is 0 Å². The Morgan fingerprint density at radius 3 is 2.93 bits per heavy atom. The summed E-state index contributed by atoms with van der Waals surface area (Å²) in [5.41, 5.74) is 0.0831. The topological polar surface area (TPSA) is 33.0 Å². The molecule has 0 saturated carbocycles. The summed E-state index contributed by atoms with van der Waals surface area (Å²) in [5.74, 6) is -0.302. The Hall–Kier alpha value is -1.40. The molecule has 14 heavy (non-hydrogen) atoms. The number of ether oxygens (including phenoxy) is 1. The van der Waals surface area contributed by atoms with Gasteiger partial charge in [-0.15, -0.1) is 0 Å². The fourth-order valence-corrected chi connectivity index (χ4v) is 1.73. The van der Waals surface area contributed by atoms with Gasteiger partial charge in [-0.2, -0.15) is 5.26 Å². The summed E-state index contributed by atoms with van der Waals surface area (Å²) < 4.78 is 18.2. The molecule has 1 saturated heterocycles. The summed E-state index contributed by atoms with van der Waals surface area (Å²) in [6.07, 6.45) is 0.646. The summed E-state index contributed by atoms with van der Waals surface area (Å²) in [4.78, 5) is 0. The van der Waals surface area contributed by atoms with E-state index in [-0.39, 0.29) is 5.82 Å². The molecule has 1 heterocycles. The second-order valence-electron chi connectivity index (χ2n) is 3.51. The highest BCUT2D eigenvalue weighted by molar-refractivity contribution is 5.33. The molecule has 1 unspecified atom stereocenters. The first-order valence-corrected chi connectivity index (χ1v) is 4.52. The smallest absolute Gasteiger partial charge is 0.123 e. The van der Waals surface area contributed by atoms with Crippen LogP contribution in [0, 0.1) is 17.1 Å². The zero-order chi connectivity index (χ0) is 10.0. The average Bonchev–Trinajstić information content (AvgIpc) is 2.67. The number of nitriles is 1. The standard InChI is InChI=1S/C11H10FNO/c12-10-3-1-2-9(6-10)11(7-13)4-5-14-8-11/h1-3,6H,4-5,8H2. The SMILES string of the molecule is N#CC1(c2cccc(F)c2)CCOC1. The van der Waals surface area contributed by atoms with Crippen LogP contribution >= 0.6 is 0 Å². The molecule has 0 N–H and O–H groups in total. The monoisotopic (exact) mass is 191 g/mol. The molecular formula is C11H10FNO. The largest absolute Gasteiger partial charge is 0.379 e. The fraction of sp³-hybridized carbons (Fsp3) is 0.364. The third-order valence-electron chi connectivity index (χ3n) is 2.61. The summed E-state index contributed by atoms with van der Waals surface area (Å²) in [6, 6.07) is 8.43. The lowest BCUT2D eigenvalue weighted by Crippen LogP contribution is -2.24. The van der Waals surface area contributed by atoms with Crippen molar-refractivity contribution in [2.45, 2.75) is 11.8 Å². The quantitative estimate of drug-likeness (QED) is 0.680. The van der Waals surface area contributed by atoms with Gasteiger partial charge in [0.25, 0.3) is 0 Å². The van der Waals surface area contributed by atoms with Gasteiger partial charge in [-0.1, -0.05) is 12.1 Å². The van der Waals surface area contributed by atoms with Gasteiger partial charge in [-0.3, -0.25) is 0 Å². The van der Waals surface area contributed by atoms with E-state index in [2.05, 4.69) is 6.07 Å². The predicted molar refractivity (Wildman–Crippen MR) is 49.1 cm³/mol. The lowest BCUT2D eigenvalue weighted by molar-refractivity contribution is 0.186. The van der Waals surface area contributed by atoms with Gasteiger partial charge >= 0.3 is 0 Å². The maximum absolute atomic E-state index is 13.0. The van der Waals surface area contributed by atoms with E-state index in [0.29, 0.717) is 19.6 Å². The van der Waals surface area contributed by atoms with Crippen LogP contribution in [0.5, 0.6) is 0 Å². The van der Waals surface area contributed by atoms with Crippen LogP contribution in [0.4, 0.5) is 4.39 Å². The Morgan fingerprint density at radius 1 is 1.50 bits per heavy atom. The molecule has 1 aromatic carbocycles. The van der Waals surface area contributed by atoms with Gasteiger partial charge in [0.2, 0.25) is 0 Å². The van der Waals surface area contributed by atoms with E-state index in [1.54, 1.807) is 12.1 Å². The molecule has 1 fully saturated rings. The second kappa shape index (κ2) is 3.39. The molecule has 0 amide bonds. The second-order valence-corrected chi connectivity index (χ2v) is 3.51. The van der Waals surface area contributed by atoms with Crippen LogP contribution in [0.3, 0.4) is 0 Å². The van der Waals surface area contributed by atoms with Crippen LogP contribution in [0.15, 0.2) is 24.3 Å². The van der Waals surface area contributed by atoms with E-state index in [0.717, 1.165) is 5.56 Å². The van der Waals surface area contributed by atoms with E-state index >= 15 is 0 Å². The Morgan fingerprint density at radius 2 is 2.36 bits per heavy atom. The van der Waals surface area contributed by atoms with Gasteiger partial charge in [0.15, 0.2) is 0 Å². The number of hydrogen-bond donors (Lipinski definition) is 0. The summed E-state index contributed by atoms with van der Waals surface area (Å²) in [5, 5.41) is 9.11. The molecule has 2 nitrogen and oxygen atoms in total. The van der Waals surface area contributed by atoms with Crippen molar-refractivity contribution in [3.8, 4) is 6.07 Å². The van der Waals surface area contributed by atoms with Crippen molar-refractivity contribution in [3.05, 3.63) is 35.6 Å². The van der Waals surface area contributed by atoms with Crippen LogP contribution in [-0.2, 0) is 10.2 Å². The molecule has 2 rings (SSSR count). The van der Waals surface area contributed by atoms with Crippen molar-refractivity contribution >= 4 is 0 Å². The third-order valence-corrected chi connectivity index (χ3v) is 2.61. The van der Waals surface area contributed by atoms with Crippen molar-refractivity contribution in [2.75, 3.05) is 13.2 Å². The first-order valence-electron chi connectivity index (χ1n) is 4.52. The highest BCUT2D eigenvalue weighted by atomic mass is 19.1. The lowest BCUT2D eigenvalue weighted by Gasteiger charge is -2.18. The zero-order valence-electron chi connectivity index (χ0n) is 7.66. The molecule has 1 aliphatic rings. The molecule has 0 spiro atoms. The number of halogens is 1. The number of hydrogen-bond acceptors (Lipinski definition) is 2. The van der Waals surface area contributed by atoms with Crippen molar-refractivity contribution in [1.82, 2.24) is 0 Å². The van der Waals surface area contributed by atoms with Crippen LogP contribution < -0.4 is 0 Å². The van der Waals surface area contributed by atoms with Crippen molar-refractivity contribution in [1.29, 1.82) is 5.26 Å².